The number of carbonyl (C=O) groups is 1. The average molecular weight is 314 g/mol. The number of amides is 1. The lowest BCUT2D eigenvalue weighted by Crippen LogP contribution is -2.45. The topological polar surface area (TPSA) is 29.1 Å². The van der Waals surface area contributed by atoms with Crippen LogP contribution in [0.15, 0.2) is 18.2 Å². The third kappa shape index (κ3) is 3.12. The minimum atomic E-state index is 0.0519. The minimum absolute atomic E-state index is 0.0519. The summed E-state index contributed by atoms with van der Waals surface area (Å²) in [6, 6.07) is 5.15. The molecule has 110 valence electrons. The number of carbonyl (C=O) groups excluding carboxylic acids is 1. The summed E-state index contributed by atoms with van der Waals surface area (Å²) in [4.78, 5) is 12.1. The molecule has 1 aromatic carbocycles. The van der Waals surface area contributed by atoms with E-state index in [0.717, 1.165) is 12.3 Å². The molecule has 1 aliphatic rings. The number of benzene rings is 1. The normalized spacial score (nSPS) is 24.1. The minimum Gasteiger partial charge on any atom is -0.326 e. The van der Waals surface area contributed by atoms with Gasteiger partial charge in [-0.3, -0.25) is 4.79 Å². The highest BCUT2D eigenvalue weighted by molar-refractivity contribution is 6.42. The van der Waals surface area contributed by atoms with Crippen LogP contribution in [0.25, 0.3) is 0 Å². The van der Waals surface area contributed by atoms with Crippen molar-refractivity contribution in [3.8, 4) is 0 Å². The third-order valence-electron chi connectivity index (χ3n) is 4.80. The molecule has 1 aromatic rings. The molecule has 2 rings (SSSR count). The Labute approximate surface area is 130 Å². The van der Waals surface area contributed by atoms with E-state index in [4.69, 9.17) is 23.2 Å². The second-order valence-electron chi connectivity index (χ2n) is 6.24. The summed E-state index contributed by atoms with van der Waals surface area (Å²) in [6.45, 7) is 6.75. The van der Waals surface area contributed by atoms with E-state index in [9.17, 15) is 4.79 Å². The van der Waals surface area contributed by atoms with Crippen LogP contribution in [0.2, 0.25) is 10.0 Å². The van der Waals surface area contributed by atoms with E-state index in [1.807, 2.05) is 0 Å². The van der Waals surface area contributed by atoms with Crippen LogP contribution >= 0.6 is 23.2 Å². The van der Waals surface area contributed by atoms with Crippen molar-refractivity contribution in [3.05, 3.63) is 28.2 Å². The number of nitrogens with one attached hydrogen (secondary N) is 1. The molecular formula is C16H21Cl2NO. The van der Waals surface area contributed by atoms with E-state index in [-0.39, 0.29) is 11.3 Å². The summed E-state index contributed by atoms with van der Waals surface area (Å²) in [5, 5.41) is 3.85. The Bertz CT molecular complexity index is 513. The molecular weight excluding hydrogens is 293 g/mol. The van der Waals surface area contributed by atoms with Crippen molar-refractivity contribution in [3.63, 3.8) is 0 Å². The van der Waals surface area contributed by atoms with Gasteiger partial charge in [-0.1, -0.05) is 50.4 Å². The zero-order valence-corrected chi connectivity index (χ0v) is 13.7. The Morgan fingerprint density at radius 1 is 1.30 bits per heavy atom. The fourth-order valence-electron chi connectivity index (χ4n) is 3.17. The number of hydrogen-bond acceptors (Lipinski definition) is 1. The van der Waals surface area contributed by atoms with E-state index >= 15 is 0 Å². The van der Waals surface area contributed by atoms with Crippen LogP contribution < -0.4 is 5.32 Å². The molecule has 0 radical (unpaired) electrons. The van der Waals surface area contributed by atoms with Gasteiger partial charge in [0.2, 0.25) is 5.91 Å². The van der Waals surface area contributed by atoms with Crippen molar-refractivity contribution >= 4 is 34.8 Å². The summed E-state index contributed by atoms with van der Waals surface area (Å²) in [7, 11) is 0. The van der Waals surface area contributed by atoms with Crippen LogP contribution in [0.5, 0.6) is 0 Å². The second-order valence-corrected chi connectivity index (χ2v) is 7.05. The quantitative estimate of drug-likeness (QED) is 0.792. The molecule has 0 heterocycles. The molecule has 1 aliphatic carbocycles. The van der Waals surface area contributed by atoms with Crippen molar-refractivity contribution in [2.75, 3.05) is 5.32 Å². The highest BCUT2D eigenvalue weighted by atomic mass is 35.5. The Balaban J connectivity index is 1.92. The SMILES string of the molecule is CCC1CC(CC(=O)Nc2ccc(Cl)c(Cl)c2)C1(C)C. The zero-order valence-electron chi connectivity index (χ0n) is 12.2. The molecule has 0 saturated heterocycles. The second kappa shape index (κ2) is 5.95. The van der Waals surface area contributed by atoms with Crippen LogP contribution in [0.4, 0.5) is 5.69 Å². The van der Waals surface area contributed by atoms with E-state index in [1.54, 1.807) is 18.2 Å². The number of rotatable bonds is 4. The molecule has 1 fully saturated rings. The Hall–Kier alpha value is -0.730. The van der Waals surface area contributed by atoms with E-state index in [0.29, 0.717) is 28.1 Å². The monoisotopic (exact) mass is 313 g/mol. The van der Waals surface area contributed by atoms with Gasteiger partial charge in [0, 0.05) is 12.1 Å². The smallest absolute Gasteiger partial charge is 0.224 e. The van der Waals surface area contributed by atoms with Gasteiger partial charge in [0.15, 0.2) is 0 Å². The maximum atomic E-state index is 12.1. The van der Waals surface area contributed by atoms with E-state index in [1.165, 1.54) is 6.42 Å². The van der Waals surface area contributed by atoms with Crippen molar-refractivity contribution in [1.82, 2.24) is 0 Å². The Morgan fingerprint density at radius 3 is 2.55 bits per heavy atom. The van der Waals surface area contributed by atoms with Gasteiger partial charge in [-0.2, -0.15) is 0 Å². The Kier molecular flexibility index (Phi) is 4.66. The first-order valence-corrected chi connectivity index (χ1v) is 7.85. The average Bonchev–Trinajstić information content (AvgIpc) is 2.38. The van der Waals surface area contributed by atoms with Gasteiger partial charge in [-0.15, -0.1) is 0 Å². The highest BCUT2D eigenvalue weighted by Gasteiger charge is 2.47. The lowest BCUT2D eigenvalue weighted by Gasteiger charge is -2.52. The Morgan fingerprint density at radius 2 is 2.00 bits per heavy atom. The lowest BCUT2D eigenvalue weighted by molar-refractivity contribution is -0.122. The fourth-order valence-corrected chi connectivity index (χ4v) is 3.47. The van der Waals surface area contributed by atoms with Crippen LogP contribution in [-0.2, 0) is 4.79 Å². The largest absolute Gasteiger partial charge is 0.326 e. The van der Waals surface area contributed by atoms with Crippen molar-refractivity contribution < 1.29 is 4.79 Å². The third-order valence-corrected chi connectivity index (χ3v) is 5.54. The van der Waals surface area contributed by atoms with Gasteiger partial charge >= 0.3 is 0 Å². The predicted octanol–water partition coefficient (Wildman–Crippen LogP) is 5.39. The summed E-state index contributed by atoms with van der Waals surface area (Å²) >= 11 is 11.8. The molecule has 1 N–H and O–H groups in total. The van der Waals surface area contributed by atoms with Crippen molar-refractivity contribution in [2.24, 2.45) is 17.3 Å². The van der Waals surface area contributed by atoms with Crippen molar-refractivity contribution in [1.29, 1.82) is 0 Å². The first-order valence-electron chi connectivity index (χ1n) is 7.09. The summed E-state index contributed by atoms with van der Waals surface area (Å²) in [6.07, 6.45) is 2.92. The molecule has 20 heavy (non-hydrogen) atoms. The highest BCUT2D eigenvalue weighted by Crippen LogP contribution is 2.54. The molecule has 2 atom stereocenters. The lowest BCUT2D eigenvalue weighted by atomic mass is 9.53. The molecule has 0 bridgehead atoms. The fraction of sp³-hybridized carbons (Fsp3) is 0.562. The maximum Gasteiger partial charge on any atom is 0.224 e. The molecule has 2 nitrogen and oxygen atoms in total. The standard InChI is InChI=1S/C16H21Cl2NO/c1-4-10-7-11(16(10,2)3)8-15(20)19-12-5-6-13(17)14(18)9-12/h5-6,9-11H,4,7-8H2,1-3H3,(H,19,20). The molecule has 0 spiro atoms. The molecule has 2 unspecified atom stereocenters. The van der Waals surface area contributed by atoms with Gasteiger partial charge in [-0.25, -0.2) is 0 Å². The van der Waals surface area contributed by atoms with E-state index in [2.05, 4.69) is 26.1 Å². The van der Waals surface area contributed by atoms with Gasteiger partial charge in [0.1, 0.15) is 0 Å². The van der Waals surface area contributed by atoms with Crippen LogP contribution in [0.3, 0.4) is 0 Å². The van der Waals surface area contributed by atoms with Gasteiger partial charge < -0.3 is 5.32 Å². The number of anilines is 1. The molecule has 4 heteroatoms. The van der Waals surface area contributed by atoms with Gasteiger partial charge in [0.05, 0.1) is 10.0 Å². The first kappa shape index (κ1) is 15.7. The molecule has 0 aliphatic heterocycles. The summed E-state index contributed by atoms with van der Waals surface area (Å²) in [5.74, 6) is 1.26. The predicted molar refractivity (Wildman–Crippen MR) is 85.4 cm³/mol. The number of hydrogen-bond donors (Lipinski definition) is 1. The summed E-state index contributed by atoms with van der Waals surface area (Å²) in [5.41, 5.74) is 0.970. The van der Waals surface area contributed by atoms with Gasteiger partial charge in [-0.05, 0) is 41.9 Å². The van der Waals surface area contributed by atoms with Crippen LogP contribution in [0, 0.1) is 17.3 Å². The summed E-state index contributed by atoms with van der Waals surface area (Å²) < 4.78 is 0. The molecule has 0 aromatic heterocycles. The molecule has 1 amide bonds. The van der Waals surface area contributed by atoms with Gasteiger partial charge in [0.25, 0.3) is 0 Å². The van der Waals surface area contributed by atoms with Crippen LogP contribution in [-0.4, -0.2) is 5.91 Å². The van der Waals surface area contributed by atoms with Crippen molar-refractivity contribution in [2.45, 2.75) is 40.0 Å². The zero-order chi connectivity index (χ0) is 14.9. The van der Waals surface area contributed by atoms with Crippen LogP contribution in [0.1, 0.15) is 40.0 Å². The maximum absolute atomic E-state index is 12.1. The van der Waals surface area contributed by atoms with E-state index < -0.39 is 0 Å². The first-order chi connectivity index (χ1) is 9.34. The molecule has 1 saturated carbocycles. The number of halogens is 2.